The largest absolute Gasteiger partial charge is 0.462 e. The van der Waals surface area contributed by atoms with Crippen molar-refractivity contribution in [1.29, 1.82) is 0 Å². The van der Waals surface area contributed by atoms with Gasteiger partial charge < -0.3 is 14.6 Å². The summed E-state index contributed by atoms with van der Waals surface area (Å²) >= 11 is 0. The van der Waals surface area contributed by atoms with E-state index in [-0.39, 0.29) is 18.6 Å². The van der Waals surface area contributed by atoms with Gasteiger partial charge >= 0.3 is 11.9 Å². The normalized spacial score (nSPS) is 12.8. The van der Waals surface area contributed by atoms with Crippen molar-refractivity contribution in [3.63, 3.8) is 0 Å². The van der Waals surface area contributed by atoms with Gasteiger partial charge in [0.2, 0.25) is 0 Å². The summed E-state index contributed by atoms with van der Waals surface area (Å²) in [6, 6.07) is 0. The first kappa shape index (κ1) is 75.9. The van der Waals surface area contributed by atoms with Crippen LogP contribution in [-0.4, -0.2) is 35.4 Å². The van der Waals surface area contributed by atoms with Gasteiger partial charge in [0.05, 0.1) is 6.42 Å². The highest BCUT2D eigenvalue weighted by Crippen LogP contribution is 2.23. The quantitative estimate of drug-likeness (QED) is 0.0485. The molecule has 0 spiro atoms. The number of esters is 2. The summed E-state index contributed by atoms with van der Waals surface area (Å²) in [6.45, 7) is 9.17. The van der Waals surface area contributed by atoms with Crippen LogP contribution in [-0.2, 0) is 19.1 Å². The number of rotatable bonds is 67. The van der Waals surface area contributed by atoms with Gasteiger partial charge in [-0.15, -0.1) is 0 Å². The van der Waals surface area contributed by atoms with Gasteiger partial charge in [-0.25, -0.2) is 4.79 Å². The Labute approximate surface area is 484 Å². The van der Waals surface area contributed by atoms with Gasteiger partial charge in [-0.3, -0.25) is 4.79 Å². The molecule has 5 heteroatoms. The Hall–Kier alpha value is -1.10. The van der Waals surface area contributed by atoms with Gasteiger partial charge in [0.1, 0.15) is 12.2 Å². The van der Waals surface area contributed by atoms with Crippen molar-refractivity contribution in [1.82, 2.24) is 0 Å². The van der Waals surface area contributed by atoms with E-state index in [1.165, 1.54) is 347 Å². The highest BCUT2D eigenvalue weighted by molar-refractivity contribution is 5.81. The second-order valence-corrected chi connectivity index (χ2v) is 25.1. The van der Waals surface area contributed by atoms with Crippen LogP contribution < -0.4 is 0 Å². The summed E-state index contributed by atoms with van der Waals surface area (Å²) in [7, 11) is 0. The molecule has 0 fully saturated rings. The molecule has 0 aliphatic heterocycles. The average molecular weight is 1090 g/mol. The van der Waals surface area contributed by atoms with Gasteiger partial charge in [-0.2, -0.15) is 0 Å². The maximum absolute atomic E-state index is 13.5. The summed E-state index contributed by atoms with van der Waals surface area (Å²) in [5.41, 5.74) is 0. The highest BCUT2D eigenvalue weighted by atomic mass is 16.6. The number of carbonyl (C=O) groups excluding carboxylic acids is 2. The van der Waals surface area contributed by atoms with E-state index in [1.54, 1.807) is 0 Å². The molecule has 0 heterocycles. The molecule has 3 atom stereocenters. The van der Waals surface area contributed by atoms with Gasteiger partial charge in [0.25, 0.3) is 0 Å². The second-order valence-electron chi connectivity index (χ2n) is 25.1. The zero-order chi connectivity index (χ0) is 55.8. The zero-order valence-corrected chi connectivity index (χ0v) is 53.4. The number of unbranched alkanes of at least 4 members (excludes halogenated alkanes) is 54. The van der Waals surface area contributed by atoms with Crippen LogP contribution in [0.25, 0.3) is 0 Å². The minimum Gasteiger partial charge on any atom is -0.462 e. The summed E-state index contributed by atoms with van der Waals surface area (Å²) in [5, 5.41) is 11.1. The molecule has 77 heavy (non-hydrogen) atoms. The van der Waals surface area contributed by atoms with Crippen molar-refractivity contribution in [3.05, 3.63) is 0 Å². The number of carbonyl (C=O) groups is 2. The molecule has 3 unspecified atom stereocenters. The predicted octanol–water partition coefficient (Wildman–Crippen LogP) is 24.8. The highest BCUT2D eigenvalue weighted by Gasteiger charge is 2.26. The molecular formula is C72H142O5. The third kappa shape index (κ3) is 60.8. The molecule has 0 saturated heterocycles. The molecule has 0 aliphatic carbocycles. The number of aliphatic hydroxyl groups is 1. The Balaban J connectivity index is 4.97. The zero-order valence-electron chi connectivity index (χ0n) is 53.4. The lowest BCUT2D eigenvalue weighted by molar-refractivity contribution is -0.166. The first-order valence-electron chi connectivity index (χ1n) is 36.1. The maximum Gasteiger partial charge on any atom is 0.335 e. The Morgan fingerprint density at radius 3 is 0.584 bits per heavy atom. The molecule has 0 aromatic rings. The summed E-state index contributed by atoms with van der Waals surface area (Å²) in [5.74, 6) is -1.08. The van der Waals surface area contributed by atoms with E-state index in [0.717, 1.165) is 51.4 Å². The fraction of sp³-hybridized carbons (Fsp3) is 0.972. The molecule has 0 aromatic carbocycles. The van der Waals surface area contributed by atoms with E-state index in [2.05, 4.69) is 27.7 Å². The molecule has 1 N–H and O–H groups in total. The molecule has 460 valence electrons. The van der Waals surface area contributed by atoms with Crippen LogP contribution in [0.2, 0.25) is 0 Å². The standard InChI is InChI=1S/C72H142O5/c1-5-9-13-17-21-25-29-33-37-41-44-48-52-56-60-64-68(63-59-55-51-47-43-39-35-31-27-23-19-15-11-7-3)76-71(74)67-70(73)72(75)77-69(65-61-57-53-49-45-40-36-32-28-24-20-16-12-8-4)66-62-58-54-50-46-42-38-34-30-26-22-18-14-10-6-2/h68-70,73H,5-67H2,1-4H3. The van der Waals surface area contributed by atoms with Crippen molar-refractivity contribution in [2.45, 2.75) is 451 Å². The van der Waals surface area contributed by atoms with Crippen molar-refractivity contribution in [2.24, 2.45) is 0 Å². The van der Waals surface area contributed by atoms with E-state index in [9.17, 15) is 14.7 Å². The number of aliphatic hydroxyl groups excluding tert-OH is 1. The topological polar surface area (TPSA) is 72.8 Å². The first-order chi connectivity index (χ1) is 38.0. The predicted molar refractivity (Wildman–Crippen MR) is 339 cm³/mol. The maximum atomic E-state index is 13.5. The van der Waals surface area contributed by atoms with E-state index < -0.39 is 18.0 Å². The summed E-state index contributed by atoms with van der Waals surface area (Å²) in [6.07, 6.45) is 78.6. The fourth-order valence-electron chi connectivity index (χ4n) is 11.9. The SMILES string of the molecule is CCCCCCCCCCCCCCCCCC(CCCCCCCCCCCCCCCC)OC(=O)CC(O)C(=O)OC(CCCCCCCCCCCCCCCC)CCCCCCCCCCCCCCCCC. The van der Waals surface area contributed by atoms with E-state index in [4.69, 9.17) is 9.47 Å². The van der Waals surface area contributed by atoms with Gasteiger partial charge in [0.15, 0.2) is 6.10 Å². The average Bonchev–Trinajstić information content (AvgIpc) is 3.42. The third-order valence-electron chi connectivity index (χ3n) is 17.2. The van der Waals surface area contributed by atoms with Crippen LogP contribution in [0, 0.1) is 0 Å². The summed E-state index contributed by atoms with van der Waals surface area (Å²) < 4.78 is 12.2. The van der Waals surface area contributed by atoms with Crippen LogP contribution in [0.15, 0.2) is 0 Å². The van der Waals surface area contributed by atoms with Crippen molar-refractivity contribution in [2.75, 3.05) is 0 Å². The number of hydrogen-bond acceptors (Lipinski definition) is 5. The molecule has 0 aromatic heterocycles. The molecule has 0 amide bonds. The second kappa shape index (κ2) is 65.7. The minimum absolute atomic E-state index is 0.136. The Morgan fingerprint density at radius 2 is 0.403 bits per heavy atom. The number of hydrogen-bond donors (Lipinski definition) is 1. The molecule has 0 aliphatic rings. The van der Waals surface area contributed by atoms with E-state index in [1.807, 2.05) is 0 Å². The molecule has 0 bridgehead atoms. The lowest BCUT2D eigenvalue weighted by atomic mass is 10.0. The van der Waals surface area contributed by atoms with Crippen LogP contribution >= 0.6 is 0 Å². The Bertz CT molecular complexity index is 1120. The minimum atomic E-state index is -1.46. The van der Waals surface area contributed by atoms with Crippen LogP contribution in [0.4, 0.5) is 0 Å². The molecule has 5 nitrogen and oxygen atoms in total. The van der Waals surface area contributed by atoms with Crippen molar-refractivity contribution < 1.29 is 24.2 Å². The lowest BCUT2D eigenvalue weighted by Crippen LogP contribution is -2.31. The molecule has 0 rings (SSSR count). The van der Waals surface area contributed by atoms with E-state index in [0.29, 0.717) is 0 Å². The molecule has 0 radical (unpaired) electrons. The van der Waals surface area contributed by atoms with Crippen LogP contribution in [0.3, 0.4) is 0 Å². The van der Waals surface area contributed by atoms with Gasteiger partial charge in [0, 0.05) is 0 Å². The van der Waals surface area contributed by atoms with Crippen LogP contribution in [0.5, 0.6) is 0 Å². The first-order valence-corrected chi connectivity index (χ1v) is 36.1. The number of ether oxygens (including phenoxy) is 2. The van der Waals surface area contributed by atoms with Gasteiger partial charge in [-0.05, 0) is 51.4 Å². The Morgan fingerprint density at radius 1 is 0.247 bits per heavy atom. The fourth-order valence-corrected chi connectivity index (χ4v) is 11.9. The van der Waals surface area contributed by atoms with Crippen molar-refractivity contribution >= 4 is 11.9 Å². The molecule has 0 saturated carbocycles. The smallest absolute Gasteiger partial charge is 0.335 e. The van der Waals surface area contributed by atoms with E-state index >= 15 is 0 Å². The third-order valence-corrected chi connectivity index (χ3v) is 17.2. The van der Waals surface area contributed by atoms with Crippen LogP contribution in [0.1, 0.15) is 432 Å². The Kier molecular flexibility index (Phi) is 64.8. The summed E-state index contributed by atoms with van der Waals surface area (Å²) in [4.78, 5) is 26.9. The lowest BCUT2D eigenvalue weighted by Gasteiger charge is -2.21. The monoisotopic (exact) mass is 1090 g/mol. The molecular weight excluding hydrogens is 945 g/mol. The van der Waals surface area contributed by atoms with Crippen molar-refractivity contribution in [3.8, 4) is 0 Å². The van der Waals surface area contributed by atoms with Gasteiger partial charge in [-0.1, -0.05) is 374 Å².